The Kier molecular flexibility index (Phi) is 5.20. The topological polar surface area (TPSA) is 64.3 Å². The van der Waals surface area contributed by atoms with E-state index in [2.05, 4.69) is 11.2 Å². The van der Waals surface area contributed by atoms with Gasteiger partial charge in [-0.1, -0.05) is 5.92 Å². The summed E-state index contributed by atoms with van der Waals surface area (Å²) in [5.74, 6) is 2.29. The minimum absolute atomic E-state index is 0.264. The average molecular weight is 142 g/mol. The summed E-state index contributed by atoms with van der Waals surface area (Å²) in [6, 6.07) is -0.552. The van der Waals surface area contributed by atoms with Crippen LogP contribution in [-0.2, 0) is 4.74 Å². The predicted octanol–water partition coefficient (Wildman–Crippen LogP) is -0.696. The highest BCUT2D eigenvalue weighted by atomic mass is 16.5. The number of terminal acetylenes is 1. The molecule has 0 bridgehead atoms. The van der Waals surface area contributed by atoms with Crippen molar-refractivity contribution in [3.63, 3.8) is 0 Å². The monoisotopic (exact) mass is 142 g/mol. The van der Waals surface area contributed by atoms with E-state index >= 15 is 0 Å². The second kappa shape index (κ2) is 5.92. The number of nitrogens with one attached hydrogen (secondary N) is 1. The van der Waals surface area contributed by atoms with Crippen molar-refractivity contribution in [3.05, 3.63) is 0 Å². The molecule has 0 unspecified atom stereocenters. The molecule has 0 saturated heterocycles. The van der Waals surface area contributed by atoms with Gasteiger partial charge < -0.3 is 15.8 Å². The molecule has 0 aliphatic rings. The maximum atomic E-state index is 10.0. The van der Waals surface area contributed by atoms with Crippen LogP contribution >= 0.6 is 0 Å². The molecule has 0 heterocycles. The normalized spacial score (nSPS) is 8.30. The lowest BCUT2D eigenvalue weighted by atomic mass is 10.6. The van der Waals surface area contributed by atoms with Gasteiger partial charge >= 0.3 is 6.03 Å². The van der Waals surface area contributed by atoms with Crippen molar-refractivity contribution in [2.45, 2.75) is 0 Å². The van der Waals surface area contributed by atoms with Gasteiger partial charge in [-0.05, 0) is 0 Å². The molecule has 0 saturated carbocycles. The standard InChI is InChI=1S/C6H10N2O2/c1-2-4-10-5-3-8-6(7)9/h1H,3-5H2,(H3,7,8,9). The van der Waals surface area contributed by atoms with Crippen molar-refractivity contribution < 1.29 is 9.53 Å². The van der Waals surface area contributed by atoms with Gasteiger partial charge in [-0.25, -0.2) is 4.79 Å². The molecule has 0 radical (unpaired) electrons. The van der Waals surface area contributed by atoms with Gasteiger partial charge in [0.05, 0.1) is 6.61 Å². The molecule has 10 heavy (non-hydrogen) atoms. The lowest BCUT2D eigenvalue weighted by Gasteiger charge is -1.99. The number of primary amides is 1. The van der Waals surface area contributed by atoms with Crippen LogP contribution in [0.5, 0.6) is 0 Å². The Morgan fingerprint density at radius 3 is 3.00 bits per heavy atom. The van der Waals surface area contributed by atoms with Crippen molar-refractivity contribution in [1.29, 1.82) is 0 Å². The highest BCUT2D eigenvalue weighted by Gasteiger charge is 1.88. The lowest BCUT2D eigenvalue weighted by Crippen LogP contribution is -2.32. The summed E-state index contributed by atoms with van der Waals surface area (Å²) >= 11 is 0. The molecule has 0 spiro atoms. The van der Waals surface area contributed by atoms with Crippen LogP contribution in [-0.4, -0.2) is 25.8 Å². The average Bonchev–Trinajstić information content (AvgIpc) is 1.87. The Morgan fingerprint density at radius 2 is 2.50 bits per heavy atom. The van der Waals surface area contributed by atoms with Gasteiger partial charge in [-0.15, -0.1) is 6.42 Å². The zero-order valence-electron chi connectivity index (χ0n) is 5.59. The fourth-order valence-electron chi connectivity index (χ4n) is 0.377. The Morgan fingerprint density at radius 1 is 1.80 bits per heavy atom. The van der Waals surface area contributed by atoms with Crippen LogP contribution < -0.4 is 11.1 Å². The van der Waals surface area contributed by atoms with Gasteiger partial charge in [0.15, 0.2) is 0 Å². The SMILES string of the molecule is C#CCOCCNC(N)=O. The van der Waals surface area contributed by atoms with Gasteiger partial charge in [-0.3, -0.25) is 0 Å². The fraction of sp³-hybridized carbons (Fsp3) is 0.500. The maximum absolute atomic E-state index is 10.0. The van der Waals surface area contributed by atoms with E-state index in [0.29, 0.717) is 13.2 Å². The van der Waals surface area contributed by atoms with Crippen molar-refractivity contribution >= 4 is 6.03 Å². The van der Waals surface area contributed by atoms with Crippen molar-refractivity contribution in [1.82, 2.24) is 5.32 Å². The number of rotatable bonds is 4. The van der Waals surface area contributed by atoms with E-state index in [-0.39, 0.29) is 6.61 Å². The van der Waals surface area contributed by atoms with Gasteiger partial charge in [0.2, 0.25) is 0 Å². The third-order valence-corrected chi connectivity index (χ3v) is 0.731. The number of amides is 2. The van der Waals surface area contributed by atoms with E-state index in [1.807, 2.05) is 0 Å². The minimum atomic E-state index is -0.552. The van der Waals surface area contributed by atoms with Crippen molar-refractivity contribution in [3.8, 4) is 12.3 Å². The number of urea groups is 1. The molecule has 0 aromatic rings. The van der Waals surface area contributed by atoms with E-state index in [9.17, 15) is 4.79 Å². The summed E-state index contributed by atoms with van der Waals surface area (Å²) in [6.07, 6.45) is 4.88. The zero-order valence-corrected chi connectivity index (χ0v) is 5.59. The number of nitrogens with two attached hydrogens (primary N) is 1. The first kappa shape index (κ1) is 8.79. The first-order valence-corrected chi connectivity index (χ1v) is 2.82. The van der Waals surface area contributed by atoms with Crippen molar-refractivity contribution in [2.75, 3.05) is 19.8 Å². The molecular formula is C6H10N2O2. The van der Waals surface area contributed by atoms with Crippen LogP contribution in [0.1, 0.15) is 0 Å². The minimum Gasteiger partial charge on any atom is -0.367 e. The third kappa shape index (κ3) is 6.79. The van der Waals surface area contributed by atoms with Crippen LogP contribution in [0.15, 0.2) is 0 Å². The quantitative estimate of drug-likeness (QED) is 0.403. The molecule has 4 heteroatoms. The summed E-state index contributed by atoms with van der Waals surface area (Å²) in [5, 5.41) is 2.35. The van der Waals surface area contributed by atoms with E-state index in [0.717, 1.165) is 0 Å². The smallest absolute Gasteiger partial charge is 0.312 e. The molecule has 4 nitrogen and oxygen atoms in total. The van der Waals surface area contributed by atoms with Crippen molar-refractivity contribution in [2.24, 2.45) is 5.73 Å². The lowest BCUT2D eigenvalue weighted by molar-refractivity contribution is 0.169. The van der Waals surface area contributed by atoms with Crippen LogP contribution in [0.3, 0.4) is 0 Å². The number of hydrogen-bond acceptors (Lipinski definition) is 2. The Balaban J connectivity index is 2.92. The molecule has 0 aliphatic carbocycles. The van der Waals surface area contributed by atoms with E-state index in [4.69, 9.17) is 16.9 Å². The summed E-state index contributed by atoms with van der Waals surface area (Å²) in [7, 11) is 0. The van der Waals surface area contributed by atoms with Gasteiger partial charge in [0, 0.05) is 6.54 Å². The van der Waals surface area contributed by atoms with Crippen LogP contribution in [0, 0.1) is 12.3 Å². The maximum Gasteiger partial charge on any atom is 0.312 e. The molecule has 0 fully saturated rings. The van der Waals surface area contributed by atoms with E-state index in [1.165, 1.54) is 0 Å². The van der Waals surface area contributed by atoms with Crippen LogP contribution in [0.25, 0.3) is 0 Å². The van der Waals surface area contributed by atoms with Crippen LogP contribution in [0.2, 0.25) is 0 Å². The molecule has 2 amide bonds. The molecule has 3 N–H and O–H groups in total. The molecule has 0 aromatic carbocycles. The van der Waals surface area contributed by atoms with Gasteiger partial charge in [0.1, 0.15) is 6.61 Å². The molecular weight excluding hydrogens is 132 g/mol. The summed E-state index contributed by atoms with van der Waals surface area (Å²) < 4.78 is 4.83. The van der Waals surface area contributed by atoms with E-state index in [1.54, 1.807) is 0 Å². The first-order chi connectivity index (χ1) is 4.77. The first-order valence-electron chi connectivity index (χ1n) is 2.82. The van der Waals surface area contributed by atoms with E-state index < -0.39 is 6.03 Å². The number of carbonyl (C=O) groups is 1. The second-order valence-corrected chi connectivity index (χ2v) is 1.55. The summed E-state index contributed by atoms with van der Waals surface area (Å²) in [5.41, 5.74) is 4.76. The molecule has 0 atom stereocenters. The zero-order chi connectivity index (χ0) is 7.82. The number of hydrogen-bond donors (Lipinski definition) is 2. The highest BCUT2D eigenvalue weighted by Crippen LogP contribution is 1.69. The van der Waals surface area contributed by atoms with Crippen LogP contribution in [0.4, 0.5) is 4.79 Å². The Bertz CT molecular complexity index is 139. The van der Waals surface area contributed by atoms with Gasteiger partial charge in [-0.2, -0.15) is 0 Å². The predicted molar refractivity (Wildman–Crippen MR) is 37.2 cm³/mol. The molecule has 56 valence electrons. The fourth-order valence-corrected chi connectivity index (χ4v) is 0.377. The Labute approximate surface area is 59.7 Å². The summed E-state index contributed by atoms with van der Waals surface area (Å²) in [6.45, 7) is 1.06. The number of ether oxygens (including phenoxy) is 1. The highest BCUT2D eigenvalue weighted by molar-refractivity contribution is 5.71. The molecule has 0 aliphatic heterocycles. The molecule has 0 rings (SSSR count). The third-order valence-electron chi connectivity index (χ3n) is 0.731. The second-order valence-electron chi connectivity index (χ2n) is 1.55. The Hall–Kier alpha value is -1.21. The molecule has 0 aromatic heterocycles. The number of carbonyl (C=O) groups excluding carboxylic acids is 1. The largest absolute Gasteiger partial charge is 0.367 e. The van der Waals surface area contributed by atoms with Gasteiger partial charge in [0.25, 0.3) is 0 Å². The summed E-state index contributed by atoms with van der Waals surface area (Å²) in [4.78, 5) is 10.0.